The second-order valence-corrected chi connectivity index (χ2v) is 10.1. The molecule has 25 heavy (non-hydrogen) atoms. The van der Waals surface area contributed by atoms with E-state index in [0.717, 1.165) is 0 Å². The molecule has 6 aliphatic rings. The third-order valence-electron chi connectivity index (χ3n) is 8.90. The summed E-state index contributed by atoms with van der Waals surface area (Å²) < 4.78 is 0. The molecule has 6 rings (SSSR count). The number of hydrogen-bond acceptors (Lipinski definition) is 0. The average Bonchev–Trinajstić information content (AvgIpc) is 2.27. The van der Waals surface area contributed by atoms with Crippen LogP contribution < -0.4 is 0 Å². The molecule has 0 aromatic heterocycles. The van der Waals surface area contributed by atoms with Gasteiger partial charge in [-0.25, -0.2) is 0 Å². The zero-order valence-corrected chi connectivity index (χ0v) is 16.2. The molecule has 0 amide bonds. The van der Waals surface area contributed by atoms with E-state index in [-0.39, 0.29) is 7.43 Å². The molecule has 0 aliphatic heterocycles. The Morgan fingerprint density at radius 3 is 0.400 bits per heavy atom. The molecule has 6 fully saturated rings. The van der Waals surface area contributed by atoms with Gasteiger partial charge in [-0.3, -0.25) is 0 Å². The maximum atomic E-state index is 1.56. The van der Waals surface area contributed by atoms with Gasteiger partial charge in [0.15, 0.2) is 0 Å². The number of rotatable bonds is 3. The fourth-order valence-corrected chi connectivity index (χ4v) is 5.47. The van der Waals surface area contributed by atoms with E-state index in [1.165, 1.54) is 74.0 Å². The molecule has 0 spiro atoms. The Kier molecular flexibility index (Phi) is 7.74. The van der Waals surface area contributed by atoms with Gasteiger partial charge in [-0.05, 0) is 35.5 Å². The summed E-state index contributed by atoms with van der Waals surface area (Å²) in [6.07, 6.45) is 27.9. The molecule has 0 aromatic carbocycles. The van der Waals surface area contributed by atoms with Crippen molar-refractivity contribution in [3.05, 3.63) is 0 Å². The second kappa shape index (κ2) is 9.80. The third-order valence-corrected chi connectivity index (χ3v) is 8.90. The molecule has 0 unspecified atom stereocenters. The summed E-state index contributed by atoms with van der Waals surface area (Å²) in [6, 6.07) is 0. The van der Waals surface area contributed by atoms with Gasteiger partial charge in [-0.15, -0.1) is 0 Å². The van der Waals surface area contributed by atoms with Crippen molar-refractivity contribution in [3.63, 3.8) is 0 Å². The first-order valence-electron chi connectivity index (χ1n) is 11.9. The van der Waals surface area contributed by atoms with Crippen molar-refractivity contribution >= 4 is 0 Å². The van der Waals surface area contributed by atoms with Crippen molar-refractivity contribution in [1.82, 2.24) is 0 Å². The van der Waals surface area contributed by atoms with Gasteiger partial charge in [0.25, 0.3) is 0 Å². The van der Waals surface area contributed by atoms with Gasteiger partial charge in [0.05, 0.1) is 0 Å². The van der Waals surface area contributed by atoms with Crippen LogP contribution in [-0.2, 0) is 0 Å². The summed E-state index contributed by atoms with van der Waals surface area (Å²) in [6.45, 7) is 0. The summed E-state index contributed by atoms with van der Waals surface area (Å²) in [5.74, 6) is 7.10. The molecule has 0 aromatic rings. The van der Waals surface area contributed by atoms with Crippen LogP contribution in [0.3, 0.4) is 0 Å². The van der Waals surface area contributed by atoms with Gasteiger partial charge in [0, 0.05) is 0 Å². The highest BCUT2D eigenvalue weighted by atomic mass is 14.4. The lowest BCUT2D eigenvalue weighted by Crippen LogP contribution is -2.26. The molecule has 0 radical (unpaired) electrons. The van der Waals surface area contributed by atoms with Crippen LogP contribution in [0, 0.1) is 35.5 Å². The zero-order valence-electron chi connectivity index (χ0n) is 16.2. The van der Waals surface area contributed by atoms with E-state index >= 15 is 0 Å². The summed E-state index contributed by atoms with van der Waals surface area (Å²) >= 11 is 0. The Hall–Kier alpha value is 0. The van der Waals surface area contributed by atoms with Gasteiger partial charge < -0.3 is 0 Å². The predicted octanol–water partition coefficient (Wildman–Crippen LogP) is 8.40. The van der Waals surface area contributed by atoms with E-state index < -0.39 is 0 Å². The lowest BCUT2D eigenvalue weighted by molar-refractivity contribution is 0.129. The lowest BCUT2D eigenvalue weighted by atomic mass is 9.67. The van der Waals surface area contributed by atoms with Crippen LogP contribution >= 0.6 is 0 Å². The zero-order chi connectivity index (χ0) is 16.2. The molecule has 0 bridgehead atoms. The Bertz CT molecular complexity index is 255. The first-order valence-corrected chi connectivity index (χ1v) is 11.9. The Morgan fingerprint density at radius 1 is 0.240 bits per heavy atom. The Labute approximate surface area is 158 Å². The highest BCUT2D eigenvalue weighted by Gasteiger charge is 2.32. The van der Waals surface area contributed by atoms with E-state index in [0.29, 0.717) is 0 Å². The maximum Gasteiger partial charge on any atom is -0.0386 e. The molecule has 0 saturated heterocycles. The van der Waals surface area contributed by atoms with Crippen LogP contribution in [0.4, 0.5) is 0 Å². The second-order valence-electron chi connectivity index (χ2n) is 10.1. The fourth-order valence-electron chi connectivity index (χ4n) is 5.47. The summed E-state index contributed by atoms with van der Waals surface area (Å²) in [7, 11) is 0. The van der Waals surface area contributed by atoms with Crippen LogP contribution in [0.5, 0.6) is 0 Å². The van der Waals surface area contributed by atoms with Crippen LogP contribution in [-0.4, -0.2) is 0 Å². The van der Waals surface area contributed by atoms with E-state index in [2.05, 4.69) is 0 Å². The van der Waals surface area contributed by atoms with Crippen LogP contribution in [0.1, 0.15) is 123 Å². The van der Waals surface area contributed by atoms with Gasteiger partial charge >= 0.3 is 0 Å². The third kappa shape index (κ3) is 5.04. The largest absolute Gasteiger partial charge is 0.0776 e. The SMILES string of the molecule is C.C1CC(C2CCC2)C1.C1CC(C2CCC2)C1.C1CC(C2CCC2)C1. The van der Waals surface area contributed by atoms with Gasteiger partial charge in [0.2, 0.25) is 0 Å². The quantitative estimate of drug-likeness (QED) is 0.481. The minimum atomic E-state index is 0. The van der Waals surface area contributed by atoms with Crippen LogP contribution in [0.25, 0.3) is 0 Å². The van der Waals surface area contributed by atoms with Crippen molar-refractivity contribution < 1.29 is 0 Å². The number of hydrogen-bond donors (Lipinski definition) is 0. The van der Waals surface area contributed by atoms with E-state index in [4.69, 9.17) is 0 Å². The van der Waals surface area contributed by atoms with Crippen molar-refractivity contribution in [2.75, 3.05) is 0 Å². The van der Waals surface area contributed by atoms with Crippen molar-refractivity contribution in [2.24, 2.45) is 35.5 Å². The summed E-state index contributed by atoms with van der Waals surface area (Å²) in [5.41, 5.74) is 0. The fraction of sp³-hybridized carbons (Fsp3) is 1.00. The molecule has 0 heteroatoms. The molecule has 0 N–H and O–H groups in total. The maximum absolute atomic E-state index is 1.56. The van der Waals surface area contributed by atoms with Crippen molar-refractivity contribution in [3.8, 4) is 0 Å². The summed E-state index contributed by atoms with van der Waals surface area (Å²) in [4.78, 5) is 0. The highest BCUT2D eigenvalue weighted by molar-refractivity contribution is 4.83. The Morgan fingerprint density at radius 2 is 0.360 bits per heavy atom. The van der Waals surface area contributed by atoms with E-state index in [9.17, 15) is 0 Å². The highest BCUT2D eigenvalue weighted by Crippen LogP contribution is 2.44. The molecule has 0 atom stereocenters. The van der Waals surface area contributed by atoms with Gasteiger partial charge in [0.1, 0.15) is 0 Å². The van der Waals surface area contributed by atoms with Crippen molar-refractivity contribution in [2.45, 2.75) is 123 Å². The minimum absolute atomic E-state index is 0. The van der Waals surface area contributed by atoms with Crippen molar-refractivity contribution in [1.29, 1.82) is 0 Å². The monoisotopic (exact) mass is 346 g/mol. The topological polar surface area (TPSA) is 0 Å². The Balaban J connectivity index is 0.000000107. The molecule has 146 valence electrons. The van der Waals surface area contributed by atoms with Crippen LogP contribution in [0.15, 0.2) is 0 Å². The molecule has 0 nitrogen and oxygen atoms in total. The predicted molar refractivity (Wildman–Crippen MR) is 111 cm³/mol. The van der Waals surface area contributed by atoms with Crippen LogP contribution in [0.2, 0.25) is 0 Å². The van der Waals surface area contributed by atoms with E-state index in [1.807, 2.05) is 0 Å². The smallest absolute Gasteiger partial charge is 0.0386 e. The molecule has 0 heterocycles. The molecular weight excluding hydrogens is 300 g/mol. The normalized spacial score (nSPS) is 30.2. The minimum Gasteiger partial charge on any atom is -0.0776 e. The standard InChI is InChI=1S/3C8H14.CH4/c3*1-3-7(4-1)8-5-2-6-8;/h3*7-8H,1-6H2;1H4. The molecule has 6 saturated carbocycles. The van der Waals surface area contributed by atoms with Gasteiger partial charge in [-0.2, -0.15) is 0 Å². The average molecular weight is 347 g/mol. The van der Waals surface area contributed by atoms with E-state index in [1.54, 1.807) is 77.0 Å². The van der Waals surface area contributed by atoms with Gasteiger partial charge in [-0.1, -0.05) is 123 Å². The molecule has 6 aliphatic carbocycles. The first-order chi connectivity index (χ1) is 11.9. The summed E-state index contributed by atoms with van der Waals surface area (Å²) in [5, 5.41) is 0. The first kappa shape index (κ1) is 19.8. The molecular formula is C25H46. The lowest BCUT2D eigenvalue weighted by Gasteiger charge is -2.39.